The van der Waals surface area contributed by atoms with Crippen LogP contribution in [-0.2, 0) is 0 Å². The first-order valence-corrected chi connectivity index (χ1v) is 2.59. The molecule has 0 atom stereocenters. The first-order valence-electron chi connectivity index (χ1n) is 2.59. The van der Waals surface area contributed by atoms with Crippen LogP contribution in [-0.4, -0.2) is 4.98 Å². The fourth-order valence-corrected chi connectivity index (χ4v) is 0.549. The van der Waals surface area contributed by atoms with Crippen LogP contribution < -0.4 is 11.5 Å². The maximum Gasteiger partial charge on any atom is 0.204 e. The zero-order valence-corrected chi connectivity index (χ0v) is 5.24. The zero-order chi connectivity index (χ0) is 8.59. The molecule has 0 saturated heterocycles. The third kappa shape index (κ3) is 1.06. The predicted molar refractivity (Wildman–Crippen MR) is 32.9 cm³/mol. The Morgan fingerprint density at radius 3 is 1.55 bits per heavy atom. The van der Waals surface area contributed by atoms with Crippen molar-refractivity contribution >= 4 is 11.6 Å². The second-order valence-electron chi connectivity index (χ2n) is 1.82. The van der Waals surface area contributed by atoms with E-state index in [1.807, 2.05) is 0 Å². The van der Waals surface area contributed by atoms with Crippen LogP contribution in [0.25, 0.3) is 0 Å². The molecule has 0 unspecified atom stereocenters. The molecule has 0 amide bonds. The summed E-state index contributed by atoms with van der Waals surface area (Å²) in [4.78, 5) is 3.00. The van der Waals surface area contributed by atoms with Crippen LogP contribution >= 0.6 is 0 Å². The Kier molecular flexibility index (Phi) is 1.60. The highest BCUT2D eigenvalue weighted by molar-refractivity contribution is 5.42. The molecule has 0 aliphatic rings. The summed E-state index contributed by atoms with van der Waals surface area (Å²) < 4.78 is 36.9. The van der Waals surface area contributed by atoms with Gasteiger partial charge in [-0.1, -0.05) is 0 Å². The Morgan fingerprint density at radius 1 is 0.818 bits per heavy atom. The van der Waals surface area contributed by atoms with E-state index in [9.17, 15) is 13.2 Å². The summed E-state index contributed by atoms with van der Waals surface area (Å²) >= 11 is 0. The quantitative estimate of drug-likeness (QED) is 0.590. The van der Waals surface area contributed by atoms with E-state index in [2.05, 4.69) is 4.98 Å². The van der Waals surface area contributed by atoms with E-state index in [1.54, 1.807) is 0 Å². The monoisotopic (exact) mass is 163 g/mol. The fraction of sp³-hybridized carbons (Fsp3) is 0. The largest absolute Gasteiger partial charge is 0.381 e. The minimum atomic E-state index is -1.70. The second-order valence-corrected chi connectivity index (χ2v) is 1.82. The summed E-state index contributed by atoms with van der Waals surface area (Å²) in [6, 6.07) is 0. The van der Waals surface area contributed by atoms with E-state index in [1.165, 1.54) is 0 Å². The van der Waals surface area contributed by atoms with Gasteiger partial charge in [0.25, 0.3) is 0 Å². The minimum Gasteiger partial charge on any atom is -0.381 e. The molecular formula is C5H4F3N3. The van der Waals surface area contributed by atoms with Crippen molar-refractivity contribution in [2.45, 2.75) is 0 Å². The molecule has 1 aromatic heterocycles. The minimum absolute atomic E-state index is 0.749. The Hall–Kier alpha value is -1.46. The molecule has 0 aromatic carbocycles. The smallest absolute Gasteiger partial charge is 0.204 e. The predicted octanol–water partition coefficient (Wildman–Crippen LogP) is 0.663. The van der Waals surface area contributed by atoms with Gasteiger partial charge in [-0.05, 0) is 0 Å². The topological polar surface area (TPSA) is 64.9 Å². The number of nitrogens with zero attached hydrogens (tertiary/aromatic N) is 1. The van der Waals surface area contributed by atoms with Crippen LogP contribution in [0.2, 0.25) is 0 Å². The molecule has 0 fully saturated rings. The Balaban J connectivity index is 3.46. The number of hydrogen-bond donors (Lipinski definition) is 2. The molecule has 1 aromatic rings. The van der Waals surface area contributed by atoms with Gasteiger partial charge in [-0.3, -0.25) is 0 Å². The van der Waals surface area contributed by atoms with E-state index in [4.69, 9.17) is 11.5 Å². The van der Waals surface area contributed by atoms with Crippen LogP contribution in [0.15, 0.2) is 0 Å². The van der Waals surface area contributed by atoms with Gasteiger partial charge in [-0.25, -0.2) is 9.37 Å². The molecule has 3 nitrogen and oxygen atoms in total. The summed E-state index contributed by atoms with van der Waals surface area (Å²) in [5.41, 5.74) is 9.64. The number of rotatable bonds is 0. The molecule has 6 heteroatoms. The average molecular weight is 163 g/mol. The number of nitrogen functional groups attached to an aromatic ring is 2. The Bertz CT molecular complexity index is 273. The van der Waals surface area contributed by atoms with Crippen LogP contribution in [0, 0.1) is 17.5 Å². The second kappa shape index (κ2) is 2.30. The van der Waals surface area contributed by atoms with Crippen molar-refractivity contribution in [2.75, 3.05) is 11.5 Å². The highest BCUT2D eigenvalue weighted by atomic mass is 19.2. The maximum absolute atomic E-state index is 12.3. The van der Waals surface area contributed by atoms with Gasteiger partial charge in [0, 0.05) is 0 Å². The molecule has 4 N–H and O–H groups in total. The normalized spacial score (nSPS) is 10.1. The van der Waals surface area contributed by atoms with Crippen molar-refractivity contribution in [3.8, 4) is 0 Å². The Labute approximate surface area is 59.8 Å². The number of halogens is 3. The van der Waals surface area contributed by atoms with Gasteiger partial charge in [0.15, 0.2) is 11.6 Å². The molecule has 0 aliphatic carbocycles. The maximum atomic E-state index is 12.3. The van der Waals surface area contributed by atoms with Gasteiger partial charge in [0.1, 0.15) is 0 Å². The lowest BCUT2D eigenvalue weighted by Gasteiger charge is -2.00. The molecule has 60 valence electrons. The summed E-state index contributed by atoms with van der Waals surface area (Å²) in [6.07, 6.45) is 0. The van der Waals surface area contributed by atoms with Crippen molar-refractivity contribution in [3.05, 3.63) is 17.5 Å². The number of anilines is 2. The number of hydrogen-bond acceptors (Lipinski definition) is 3. The SMILES string of the molecule is Nc1nc(N)c(F)c(F)c1F. The van der Waals surface area contributed by atoms with Gasteiger partial charge < -0.3 is 11.5 Å². The van der Waals surface area contributed by atoms with Gasteiger partial charge in [-0.15, -0.1) is 0 Å². The average Bonchev–Trinajstić information content (AvgIpc) is 1.97. The molecule has 0 radical (unpaired) electrons. The highest BCUT2D eigenvalue weighted by Crippen LogP contribution is 2.18. The van der Waals surface area contributed by atoms with Crippen molar-refractivity contribution < 1.29 is 13.2 Å². The fourth-order valence-electron chi connectivity index (χ4n) is 0.549. The van der Waals surface area contributed by atoms with Gasteiger partial charge in [-0.2, -0.15) is 8.78 Å². The van der Waals surface area contributed by atoms with Crippen LogP contribution in [0.1, 0.15) is 0 Å². The number of aromatic nitrogens is 1. The molecule has 1 heterocycles. The zero-order valence-electron chi connectivity index (χ0n) is 5.24. The van der Waals surface area contributed by atoms with E-state index >= 15 is 0 Å². The first kappa shape index (κ1) is 7.64. The standard InChI is InChI=1S/C5H4F3N3/c6-1-2(7)4(9)11-5(10)3(1)8/h(H4,9,10,11). The Morgan fingerprint density at radius 2 is 1.18 bits per heavy atom. The summed E-state index contributed by atoms with van der Waals surface area (Å²) in [7, 11) is 0. The molecule has 11 heavy (non-hydrogen) atoms. The van der Waals surface area contributed by atoms with Crippen LogP contribution in [0.3, 0.4) is 0 Å². The van der Waals surface area contributed by atoms with E-state index in [0.717, 1.165) is 0 Å². The van der Waals surface area contributed by atoms with Crippen LogP contribution in [0.5, 0.6) is 0 Å². The van der Waals surface area contributed by atoms with E-state index in [-0.39, 0.29) is 0 Å². The molecule has 0 bridgehead atoms. The van der Waals surface area contributed by atoms with Gasteiger partial charge in [0.2, 0.25) is 17.5 Å². The summed E-state index contributed by atoms with van der Waals surface area (Å²) in [5.74, 6) is -6.23. The lowest BCUT2D eigenvalue weighted by molar-refractivity contribution is 0.447. The third-order valence-electron chi connectivity index (χ3n) is 1.08. The van der Waals surface area contributed by atoms with Gasteiger partial charge in [0.05, 0.1) is 0 Å². The van der Waals surface area contributed by atoms with Crippen LogP contribution in [0.4, 0.5) is 24.8 Å². The highest BCUT2D eigenvalue weighted by Gasteiger charge is 2.16. The first-order chi connectivity index (χ1) is 5.04. The molecule has 0 saturated carbocycles. The van der Waals surface area contributed by atoms with Crippen molar-refractivity contribution in [2.24, 2.45) is 0 Å². The van der Waals surface area contributed by atoms with Gasteiger partial charge >= 0.3 is 0 Å². The van der Waals surface area contributed by atoms with Crippen molar-refractivity contribution in [1.29, 1.82) is 0 Å². The van der Waals surface area contributed by atoms with Crippen molar-refractivity contribution in [1.82, 2.24) is 4.98 Å². The summed E-state index contributed by atoms with van der Waals surface area (Å²) in [6.45, 7) is 0. The molecular weight excluding hydrogens is 159 g/mol. The lowest BCUT2D eigenvalue weighted by Crippen LogP contribution is -2.06. The number of pyridine rings is 1. The molecule has 0 spiro atoms. The van der Waals surface area contributed by atoms with E-state index < -0.39 is 29.1 Å². The molecule has 1 rings (SSSR count). The third-order valence-corrected chi connectivity index (χ3v) is 1.08. The van der Waals surface area contributed by atoms with E-state index in [0.29, 0.717) is 0 Å². The van der Waals surface area contributed by atoms with Crippen molar-refractivity contribution in [3.63, 3.8) is 0 Å². The lowest BCUT2D eigenvalue weighted by atomic mass is 10.4. The summed E-state index contributed by atoms with van der Waals surface area (Å²) in [5, 5.41) is 0. The number of nitrogens with two attached hydrogens (primary N) is 2. The molecule has 0 aliphatic heterocycles.